The van der Waals surface area contributed by atoms with Crippen molar-refractivity contribution in [2.75, 3.05) is 18.8 Å². The van der Waals surface area contributed by atoms with Gasteiger partial charge in [0.1, 0.15) is 18.3 Å². The molecule has 2 aliphatic heterocycles. The van der Waals surface area contributed by atoms with E-state index in [1.807, 2.05) is 6.26 Å². The first-order valence-electron chi connectivity index (χ1n) is 9.43. The standard InChI is InChI=1S/C18H26N2O6S/c1-11-8-20(17(22)19-15(11)21)16-14-13(12(24-16)9-23-10-27-2)25-18(26-14)6-4-3-5-7-18/h8,12-14,16H,3-7,9-10H2,1-2H3,(H,19,21,22)/t12-,13-,14-,16-/m1/s1. The van der Waals surface area contributed by atoms with Crippen molar-refractivity contribution in [2.24, 2.45) is 0 Å². The van der Waals surface area contributed by atoms with Crippen molar-refractivity contribution in [3.05, 3.63) is 32.6 Å². The highest BCUT2D eigenvalue weighted by Gasteiger charge is 2.59. The number of aryl methyl sites for hydroxylation is 1. The maximum atomic E-state index is 12.4. The molecule has 1 aromatic heterocycles. The number of hydrogen-bond donors (Lipinski definition) is 1. The van der Waals surface area contributed by atoms with E-state index in [0.717, 1.165) is 25.7 Å². The summed E-state index contributed by atoms with van der Waals surface area (Å²) in [6, 6.07) is 0. The van der Waals surface area contributed by atoms with E-state index >= 15 is 0 Å². The van der Waals surface area contributed by atoms with Gasteiger partial charge in [-0.2, -0.15) is 0 Å². The second-order valence-corrected chi connectivity index (χ2v) is 8.27. The van der Waals surface area contributed by atoms with Crippen LogP contribution in [0.15, 0.2) is 15.8 Å². The zero-order chi connectivity index (χ0) is 19.0. The fourth-order valence-corrected chi connectivity index (χ4v) is 4.47. The summed E-state index contributed by atoms with van der Waals surface area (Å²) in [5.74, 6) is -0.0279. The number of aromatic nitrogens is 2. The van der Waals surface area contributed by atoms with Crippen LogP contribution in [0.4, 0.5) is 0 Å². The summed E-state index contributed by atoms with van der Waals surface area (Å²) in [5, 5.41) is 0. The molecule has 4 atom stereocenters. The second kappa shape index (κ2) is 7.71. The monoisotopic (exact) mass is 398 g/mol. The van der Waals surface area contributed by atoms with Gasteiger partial charge in [-0.3, -0.25) is 14.3 Å². The summed E-state index contributed by atoms with van der Waals surface area (Å²) in [4.78, 5) is 26.5. The lowest BCUT2D eigenvalue weighted by Crippen LogP contribution is -2.39. The molecule has 1 saturated carbocycles. The third-order valence-corrected chi connectivity index (χ3v) is 5.91. The van der Waals surface area contributed by atoms with Crippen molar-refractivity contribution in [3.63, 3.8) is 0 Å². The van der Waals surface area contributed by atoms with Crippen LogP contribution in [0.2, 0.25) is 0 Å². The minimum atomic E-state index is -0.651. The van der Waals surface area contributed by atoms with Gasteiger partial charge < -0.3 is 18.9 Å². The minimum absolute atomic E-state index is 0.297. The van der Waals surface area contributed by atoms with Crippen LogP contribution in [0.5, 0.6) is 0 Å². The van der Waals surface area contributed by atoms with Gasteiger partial charge in [-0.05, 0) is 26.0 Å². The lowest BCUT2D eigenvalue weighted by molar-refractivity contribution is -0.234. The Bertz CT molecular complexity index is 787. The molecule has 1 aromatic rings. The highest BCUT2D eigenvalue weighted by Crippen LogP contribution is 2.48. The van der Waals surface area contributed by atoms with Gasteiger partial charge in [0.15, 0.2) is 12.0 Å². The molecular weight excluding hydrogens is 372 g/mol. The van der Waals surface area contributed by atoms with E-state index in [1.165, 1.54) is 17.2 Å². The largest absolute Gasteiger partial charge is 0.368 e. The summed E-state index contributed by atoms with van der Waals surface area (Å²) < 4.78 is 26.0. The number of nitrogens with zero attached hydrogens (tertiary/aromatic N) is 1. The molecule has 1 N–H and O–H groups in total. The van der Waals surface area contributed by atoms with Crippen molar-refractivity contribution < 1.29 is 18.9 Å². The number of ether oxygens (including phenoxy) is 4. The van der Waals surface area contributed by atoms with Crippen LogP contribution in [-0.2, 0) is 18.9 Å². The van der Waals surface area contributed by atoms with Crippen molar-refractivity contribution in [1.29, 1.82) is 0 Å². The number of hydrogen-bond acceptors (Lipinski definition) is 7. The second-order valence-electron chi connectivity index (χ2n) is 7.46. The van der Waals surface area contributed by atoms with Gasteiger partial charge in [-0.1, -0.05) is 6.42 Å². The number of thioether (sulfide) groups is 1. The SMILES string of the molecule is CSCOC[C@H]1O[C@@H](n2cc(C)c(=O)[nH]c2=O)[C@@H]2OC3(CCCCC3)O[C@@H]21. The Morgan fingerprint density at radius 2 is 2.00 bits per heavy atom. The zero-order valence-electron chi connectivity index (χ0n) is 15.6. The Morgan fingerprint density at radius 1 is 1.26 bits per heavy atom. The van der Waals surface area contributed by atoms with Crippen LogP contribution >= 0.6 is 11.8 Å². The van der Waals surface area contributed by atoms with Gasteiger partial charge >= 0.3 is 5.69 Å². The highest BCUT2D eigenvalue weighted by molar-refractivity contribution is 7.98. The Morgan fingerprint density at radius 3 is 2.74 bits per heavy atom. The first kappa shape index (κ1) is 19.2. The van der Waals surface area contributed by atoms with E-state index in [-0.39, 0.29) is 12.2 Å². The van der Waals surface area contributed by atoms with E-state index in [4.69, 9.17) is 18.9 Å². The van der Waals surface area contributed by atoms with E-state index in [9.17, 15) is 9.59 Å². The maximum Gasteiger partial charge on any atom is 0.330 e. The molecule has 3 aliphatic rings. The summed E-state index contributed by atoms with van der Waals surface area (Å²) in [6.45, 7) is 2.03. The number of rotatable bonds is 5. The molecule has 9 heteroatoms. The van der Waals surface area contributed by atoms with Crippen molar-refractivity contribution in [2.45, 2.75) is 69.4 Å². The fraction of sp³-hybridized carbons (Fsp3) is 0.778. The molecule has 1 spiro atoms. The van der Waals surface area contributed by atoms with Gasteiger partial charge in [0.05, 0.1) is 12.5 Å². The predicted octanol–water partition coefficient (Wildman–Crippen LogP) is 1.52. The van der Waals surface area contributed by atoms with Gasteiger partial charge in [-0.25, -0.2) is 4.79 Å². The average Bonchev–Trinajstić information content (AvgIpc) is 3.15. The molecule has 2 saturated heterocycles. The number of H-pyrrole nitrogens is 1. The van der Waals surface area contributed by atoms with Gasteiger partial charge in [0.2, 0.25) is 0 Å². The van der Waals surface area contributed by atoms with Gasteiger partial charge in [0, 0.05) is 24.6 Å². The van der Waals surface area contributed by atoms with Crippen LogP contribution < -0.4 is 11.2 Å². The van der Waals surface area contributed by atoms with E-state index < -0.39 is 29.4 Å². The normalized spacial score (nSPS) is 32.1. The molecule has 0 amide bonds. The summed E-state index contributed by atoms with van der Waals surface area (Å²) in [7, 11) is 0. The minimum Gasteiger partial charge on any atom is -0.368 e. The van der Waals surface area contributed by atoms with E-state index in [2.05, 4.69) is 4.98 Å². The molecular formula is C18H26N2O6S. The quantitative estimate of drug-likeness (QED) is 0.594. The number of fused-ring (bicyclic) bond motifs is 1. The topological polar surface area (TPSA) is 91.8 Å². The molecule has 0 radical (unpaired) electrons. The number of nitrogens with one attached hydrogen (secondary N) is 1. The molecule has 0 bridgehead atoms. The molecule has 4 rings (SSSR count). The van der Waals surface area contributed by atoms with Crippen molar-refractivity contribution in [1.82, 2.24) is 9.55 Å². The Kier molecular flexibility index (Phi) is 5.48. The zero-order valence-corrected chi connectivity index (χ0v) is 16.5. The third-order valence-electron chi connectivity index (χ3n) is 5.51. The summed E-state index contributed by atoms with van der Waals surface area (Å²) in [5.41, 5.74) is -0.450. The van der Waals surface area contributed by atoms with Gasteiger partial charge in [-0.15, -0.1) is 11.8 Å². The van der Waals surface area contributed by atoms with E-state index in [0.29, 0.717) is 18.1 Å². The molecule has 0 unspecified atom stereocenters. The Hall–Kier alpha value is -1.13. The third kappa shape index (κ3) is 3.63. The molecule has 150 valence electrons. The molecule has 3 heterocycles. The first-order chi connectivity index (χ1) is 13.0. The lowest BCUT2D eigenvalue weighted by atomic mass is 9.94. The maximum absolute atomic E-state index is 12.4. The van der Waals surface area contributed by atoms with Crippen LogP contribution in [0, 0.1) is 6.92 Å². The van der Waals surface area contributed by atoms with Crippen LogP contribution in [0.3, 0.4) is 0 Å². The lowest BCUT2D eigenvalue weighted by Gasteiger charge is -2.34. The smallest absolute Gasteiger partial charge is 0.330 e. The summed E-state index contributed by atoms with van der Waals surface area (Å²) >= 11 is 1.59. The van der Waals surface area contributed by atoms with E-state index in [1.54, 1.807) is 18.7 Å². The van der Waals surface area contributed by atoms with Crippen LogP contribution in [0.1, 0.15) is 43.9 Å². The molecule has 3 fully saturated rings. The van der Waals surface area contributed by atoms with Crippen molar-refractivity contribution in [3.8, 4) is 0 Å². The van der Waals surface area contributed by atoms with Gasteiger partial charge in [0.25, 0.3) is 5.56 Å². The van der Waals surface area contributed by atoms with Crippen LogP contribution in [-0.4, -0.2) is 52.5 Å². The molecule has 8 nitrogen and oxygen atoms in total. The molecule has 0 aromatic carbocycles. The van der Waals surface area contributed by atoms with Crippen LogP contribution in [0.25, 0.3) is 0 Å². The average molecular weight is 398 g/mol. The van der Waals surface area contributed by atoms with Crippen molar-refractivity contribution >= 4 is 11.8 Å². The Labute approximate surface area is 161 Å². The summed E-state index contributed by atoms with van der Waals surface area (Å²) in [6.07, 6.45) is 6.84. The fourth-order valence-electron chi connectivity index (χ4n) is 4.21. The molecule has 27 heavy (non-hydrogen) atoms. The first-order valence-corrected chi connectivity index (χ1v) is 10.8. The number of aromatic amines is 1. The highest BCUT2D eigenvalue weighted by atomic mass is 32.2. The Balaban J connectivity index is 1.63. The predicted molar refractivity (Wildman–Crippen MR) is 99.9 cm³/mol. The molecule has 1 aliphatic carbocycles.